The smallest absolute Gasteiger partial charge is 1.00 e. The molecule has 0 aliphatic rings. The summed E-state index contributed by atoms with van der Waals surface area (Å²) >= 11 is 0. The molecule has 0 aromatic heterocycles. The topological polar surface area (TPSA) is 66.8 Å². The zero-order valence-electron chi connectivity index (χ0n) is 21.6. The summed E-state index contributed by atoms with van der Waals surface area (Å²) in [4.78, 5) is 19.6. The summed E-state index contributed by atoms with van der Waals surface area (Å²) in [7, 11) is -4.73. The van der Waals surface area contributed by atoms with Crippen molar-refractivity contribution in [3.05, 3.63) is 69.8 Å². The van der Waals surface area contributed by atoms with Gasteiger partial charge < -0.3 is 11.2 Å². The summed E-state index contributed by atoms with van der Waals surface area (Å²) in [5.41, 5.74) is 5.66. The zero-order valence-corrected chi connectivity index (χ0v) is 21.5. The van der Waals surface area contributed by atoms with Crippen LogP contribution in [0, 0.1) is 0 Å². The van der Waals surface area contributed by atoms with E-state index in [4.69, 9.17) is 4.52 Å². The van der Waals surface area contributed by atoms with Crippen LogP contribution in [0.2, 0.25) is 0 Å². The van der Waals surface area contributed by atoms with E-state index in [9.17, 15) is 14.4 Å². The van der Waals surface area contributed by atoms with Crippen molar-refractivity contribution in [3.8, 4) is 0 Å². The Morgan fingerprint density at radius 3 is 1.45 bits per heavy atom. The van der Waals surface area contributed by atoms with Crippen molar-refractivity contribution < 1.29 is 39.2 Å². The number of phosphoric ester groups is 1. The molecular formula is C25H38LiO4P. The van der Waals surface area contributed by atoms with Crippen molar-refractivity contribution in [2.45, 2.75) is 85.2 Å². The fourth-order valence-corrected chi connectivity index (χ4v) is 4.32. The molecule has 0 amide bonds. The predicted octanol–water partition coefficient (Wildman–Crippen LogP) is 3.72. The molecule has 2 aromatic rings. The number of aryl methyl sites for hydroxylation is 2. The molecule has 4 nitrogen and oxygen atoms in total. The van der Waals surface area contributed by atoms with Crippen LogP contribution >= 0.6 is 7.82 Å². The molecule has 0 fully saturated rings. The van der Waals surface area contributed by atoms with Crippen molar-refractivity contribution >= 4 is 7.82 Å². The number of benzene rings is 2. The minimum Gasteiger partial charge on any atom is -1.00 e. The Bertz CT molecular complexity index is 876. The van der Waals surface area contributed by atoms with Crippen molar-refractivity contribution in [1.29, 1.82) is 0 Å². The first kappa shape index (κ1) is 28.2. The van der Waals surface area contributed by atoms with Gasteiger partial charge in [-0.3, -0.25) is 4.52 Å². The SMILES string of the molecule is CCc1ccc(C(OP(=O)(O)O)c2ccc(CC)cc2C(C)(C)C)c(C(C)(C)C)c1.[H-].[Li+]. The predicted molar refractivity (Wildman–Crippen MR) is 125 cm³/mol. The van der Waals surface area contributed by atoms with Gasteiger partial charge in [-0.25, -0.2) is 4.57 Å². The maximum atomic E-state index is 12.0. The van der Waals surface area contributed by atoms with Gasteiger partial charge in [0.05, 0.1) is 0 Å². The number of phosphoric acid groups is 1. The second kappa shape index (κ2) is 10.4. The van der Waals surface area contributed by atoms with Crippen LogP contribution in [-0.2, 0) is 32.8 Å². The van der Waals surface area contributed by atoms with Crippen LogP contribution in [0.3, 0.4) is 0 Å². The van der Waals surface area contributed by atoms with Crippen molar-refractivity contribution in [2.75, 3.05) is 0 Å². The Morgan fingerprint density at radius 2 is 1.19 bits per heavy atom. The van der Waals surface area contributed by atoms with E-state index in [0.717, 1.165) is 35.1 Å². The largest absolute Gasteiger partial charge is 1.00 e. The van der Waals surface area contributed by atoms with E-state index in [2.05, 4.69) is 67.5 Å². The first-order valence-corrected chi connectivity index (χ1v) is 12.2. The van der Waals surface area contributed by atoms with Crippen LogP contribution < -0.4 is 18.9 Å². The maximum absolute atomic E-state index is 12.0. The first-order valence-electron chi connectivity index (χ1n) is 10.7. The van der Waals surface area contributed by atoms with E-state index in [1.165, 1.54) is 11.1 Å². The van der Waals surface area contributed by atoms with Crippen LogP contribution in [0.4, 0.5) is 0 Å². The third kappa shape index (κ3) is 7.33. The fourth-order valence-electron chi connectivity index (χ4n) is 3.82. The standard InChI is InChI=1S/C25H37O4P.Li.H/c1-9-17-11-13-19(21(15-17)24(3,4)5)23(29-30(26,27)28)20-14-12-18(10-2)16-22(20)25(6,7)8;;/h11-16,23H,9-10H2,1-8H3,(H2,26,27,28);;/q;+1;-1. The van der Waals surface area contributed by atoms with Gasteiger partial charge in [-0.15, -0.1) is 0 Å². The molecule has 0 saturated heterocycles. The minimum atomic E-state index is -4.73. The average Bonchev–Trinajstić information content (AvgIpc) is 2.63. The van der Waals surface area contributed by atoms with Crippen LogP contribution in [0.1, 0.15) is 96.3 Å². The molecule has 0 aliphatic heterocycles. The summed E-state index contributed by atoms with van der Waals surface area (Å²) in [6.45, 7) is 16.9. The normalized spacial score (nSPS) is 12.7. The van der Waals surface area contributed by atoms with Gasteiger partial charge >= 0.3 is 26.7 Å². The van der Waals surface area contributed by atoms with Gasteiger partial charge in [0.1, 0.15) is 6.10 Å². The minimum absolute atomic E-state index is 0. The zero-order chi connectivity index (χ0) is 22.9. The molecule has 2 aromatic carbocycles. The fraction of sp³-hybridized carbons (Fsp3) is 0.520. The summed E-state index contributed by atoms with van der Waals surface area (Å²) in [5.74, 6) is 0. The quantitative estimate of drug-likeness (QED) is 0.531. The number of rotatable bonds is 6. The van der Waals surface area contributed by atoms with E-state index in [0.29, 0.717) is 0 Å². The Morgan fingerprint density at radius 1 is 0.839 bits per heavy atom. The molecule has 0 saturated carbocycles. The molecule has 0 unspecified atom stereocenters. The van der Waals surface area contributed by atoms with Crippen molar-refractivity contribution in [1.82, 2.24) is 0 Å². The third-order valence-corrected chi connectivity index (χ3v) is 5.96. The third-order valence-electron chi connectivity index (χ3n) is 5.48. The molecule has 0 bridgehead atoms. The molecule has 0 radical (unpaired) electrons. The summed E-state index contributed by atoms with van der Waals surface area (Å²) in [6.07, 6.45) is 0.934. The molecule has 0 heterocycles. The van der Waals surface area contributed by atoms with Gasteiger partial charge in [0, 0.05) is 0 Å². The molecule has 0 aliphatic carbocycles. The molecule has 0 atom stereocenters. The van der Waals surface area contributed by atoms with Gasteiger partial charge in [0.2, 0.25) is 0 Å². The van der Waals surface area contributed by atoms with Crippen LogP contribution in [0.15, 0.2) is 36.4 Å². The van der Waals surface area contributed by atoms with Crippen molar-refractivity contribution in [2.24, 2.45) is 0 Å². The number of hydrogen-bond donors (Lipinski definition) is 2. The maximum Gasteiger partial charge on any atom is 1.00 e. The van der Waals surface area contributed by atoms with Gasteiger partial charge in [-0.1, -0.05) is 91.8 Å². The van der Waals surface area contributed by atoms with Gasteiger partial charge in [0.25, 0.3) is 0 Å². The second-order valence-electron chi connectivity index (χ2n) is 10.0. The van der Waals surface area contributed by atoms with E-state index < -0.39 is 13.9 Å². The Hall–Kier alpha value is -0.853. The van der Waals surface area contributed by atoms with Crippen LogP contribution in [-0.4, -0.2) is 9.79 Å². The van der Waals surface area contributed by atoms with Crippen LogP contribution in [0.25, 0.3) is 0 Å². The monoisotopic (exact) mass is 440 g/mol. The molecule has 6 heteroatoms. The molecule has 31 heavy (non-hydrogen) atoms. The van der Waals surface area contributed by atoms with Gasteiger partial charge in [-0.2, -0.15) is 0 Å². The summed E-state index contributed by atoms with van der Waals surface area (Å²) < 4.78 is 17.5. The summed E-state index contributed by atoms with van der Waals surface area (Å²) in [6, 6.07) is 12.3. The molecule has 168 valence electrons. The van der Waals surface area contributed by atoms with Gasteiger partial charge in [-0.05, 0) is 57.1 Å². The molecular weight excluding hydrogens is 402 g/mol. The average molecular weight is 440 g/mol. The van der Waals surface area contributed by atoms with E-state index in [1.54, 1.807) is 0 Å². The first-order chi connectivity index (χ1) is 13.7. The van der Waals surface area contributed by atoms with E-state index in [1.807, 2.05) is 24.3 Å². The number of hydrogen-bond acceptors (Lipinski definition) is 2. The van der Waals surface area contributed by atoms with E-state index in [-0.39, 0.29) is 31.1 Å². The molecule has 2 N–H and O–H groups in total. The van der Waals surface area contributed by atoms with Crippen LogP contribution in [0.5, 0.6) is 0 Å². The Labute approximate surface area is 201 Å². The summed E-state index contributed by atoms with van der Waals surface area (Å²) in [5, 5.41) is 0. The molecule has 0 spiro atoms. The molecule has 2 rings (SSSR count). The van der Waals surface area contributed by atoms with Gasteiger partial charge in [0.15, 0.2) is 0 Å². The van der Waals surface area contributed by atoms with Crippen molar-refractivity contribution in [3.63, 3.8) is 0 Å². The Kier molecular flexibility index (Phi) is 9.44. The Balaban J connectivity index is 0.00000480. The second-order valence-corrected chi connectivity index (χ2v) is 11.2. The van der Waals surface area contributed by atoms with E-state index >= 15 is 0 Å².